The van der Waals surface area contributed by atoms with Crippen LogP contribution in [-0.4, -0.2) is 12.5 Å². The van der Waals surface area contributed by atoms with Crippen LogP contribution in [0.2, 0.25) is 5.02 Å². The number of rotatable bonds is 4. The Hall–Kier alpha value is -1.52. The molecule has 0 saturated carbocycles. The lowest BCUT2D eigenvalue weighted by molar-refractivity contribution is 0.102. The third-order valence-electron chi connectivity index (χ3n) is 3.06. The lowest BCUT2D eigenvalue weighted by Crippen LogP contribution is -2.13. The molecule has 110 valence electrons. The smallest absolute Gasteiger partial charge is 0.255 e. The van der Waals surface area contributed by atoms with Crippen LogP contribution in [0.1, 0.15) is 22.8 Å². The molecule has 0 aliphatic rings. The number of amides is 1. The zero-order chi connectivity index (χ0) is 15.4. The van der Waals surface area contributed by atoms with Crippen LogP contribution in [0.3, 0.4) is 0 Å². The van der Waals surface area contributed by atoms with Crippen molar-refractivity contribution >= 4 is 44.8 Å². The van der Waals surface area contributed by atoms with Gasteiger partial charge in [0, 0.05) is 17.8 Å². The predicted molar refractivity (Wildman–Crippen MR) is 92.4 cm³/mol. The Morgan fingerprint density at radius 2 is 2.00 bits per heavy atom. The molecule has 3 nitrogen and oxygen atoms in total. The molecule has 5 heteroatoms. The van der Waals surface area contributed by atoms with Crippen LogP contribution in [0.25, 0.3) is 0 Å². The number of hydrogen-bond donors (Lipinski definition) is 2. The van der Waals surface area contributed by atoms with E-state index in [0.29, 0.717) is 20.7 Å². The average molecular weight is 368 g/mol. The van der Waals surface area contributed by atoms with E-state index in [-0.39, 0.29) is 5.91 Å². The van der Waals surface area contributed by atoms with Crippen molar-refractivity contribution in [2.24, 2.45) is 0 Å². The Kier molecular flexibility index (Phi) is 5.26. The van der Waals surface area contributed by atoms with Gasteiger partial charge in [0.1, 0.15) is 0 Å². The van der Waals surface area contributed by atoms with Gasteiger partial charge in [-0.3, -0.25) is 4.79 Å². The van der Waals surface area contributed by atoms with E-state index in [4.69, 9.17) is 11.6 Å². The fraction of sp³-hybridized carbons (Fsp3) is 0.188. The highest BCUT2D eigenvalue weighted by Gasteiger charge is 2.11. The topological polar surface area (TPSA) is 41.1 Å². The third kappa shape index (κ3) is 3.77. The Balaban J connectivity index is 2.21. The minimum atomic E-state index is -0.163. The minimum absolute atomic E-state index is 0.163. The van der Waals surface area contributed by atoms with Crippen LogP contribution < -0.4 is 10.6 Å². The Morgan fingerprint density at radius 1 is 1.24 bits per heavy atom. The second-order valence-electron chi connectivity index (χ2n) is 4.62. The van der Waals surface area contributed by atoms with E-state index in [1.165, 1.54) is 0 Å². The molecule has 2 aromatic carbocycles. The molecular formula is C16H16BrClN2O. The molecule has 0 atom stereocenters. The molecule has 0 aliphatic carbocycles. The van der Waals surface area contributed by atoms with Gasteiger partial charge < -0.3 is 10.6 Å². The predicted octanol–water partition coefficient (Wildman–Crippen LogP) is 5.10. The number of carbonyl (C=O) groups is 1. The van der Waals surface area contributed by atoms with Gasteiger partial charge in [0.25, 0.3) is 5.91 Å². The lowest BCUT2D eigenvalue weighted by atomic mass is 10.1. The lowest BCUT2D eigenvalue weighted by Gasteiger charge is -2.11. The number of nitrogens with one attached hydrogen (secondary N) is 2. The van der Waals surface area contributed by atoms with E-state index in [1.54, 1.807) is 24.3 Å². The van der Waals surface area contributed by atoms with Crippen molar-refractivity contribution in [2.45, 2.75) is 13.8 Å². The van der Waals surface area contributed by atoms with Gasteiger partial charge in [-0.1, -0.05) is 17.7 Å². The quantitative estimate of drug-likeness (QED) is 0.790. The highest BCUT2D eigenvalue weighted by atomic mass is 79.9. The van der Waals surface area contributed by atoms with E-state index in [0.717, 1.165) is 17.8 Å². The summed E-state index contributed by atoms with van der Waals surface area (Å²) in [5.41, 5.74) is 3.34. The molecule has 0 fully saturated rings. The first-order valence-corrected chi connectivity index (χ1v) is 7.80. The summed E-state index contributed by atoms with van der Waals surface area (Å²) < 4.78 is 0.681. The zero-order valence-electron chi connectivity index (χ0n) is 11.8. The standard InChI is InChI=1S/C16H16BrClN2O/c1-3-19-13-8-7-11(9-10(13)2)16(21)20-14-6-4-5-12(18)15(14)17/h4-9,19H,3H2,1-2H3,(H,20,21). The molecule has 0 aromatic heterocycles. The van der Waals surface area contributed by atoms with E-state index >= 15 is 0 Å². The molecular weight excluding hydrogens is 352 g/mol. The highest BCUT2D eigenvalue weighted by Crippen LogP contribution is 2.30. The summed E-state index contributed by atoms with van der Waals surface area (Å²) in [4.78, 5) is 12.3. The van der Waals surface area contributed by atoms with Gasteiger partial charge in [0.05, 0.1) is 15.2 Å². The van der Waals surface area contributed by atoms with Crippen molar-refractivity contribution < 1.29 is 4.79 Å². The second kappa shape index (κ2) is 6.96. The van der Waals surface area contributed by atoms with E-state index in [1.807, 2.05) is 26.0 Å². The van der Waals surface area contributed by atoms with Crippen molar-refractivity contribution in [1.82, 2.24) is 0 Å². The van der Waals surface area contributed by atoms with Crippen LogP contribution in [0, 0.1) is 6.92 Å². The molecule has 0 bridgehead atoms. The maximum atomic E-state index is 12.3. The second-order valence-corrected chi connectivity index (χ2v) is 5.82. The van der Waals surface area contributed by atoms with Gasteiger partial charge in [-0.2, -0.15) is 0 Å². The summed E-state index contributed by atoms with van der Waals surface area (Å²) in [5, 5.41) is 6.67. The zero-order valence-corrected chi connectivity index (χ0v) is 14.2. The SMILES string of the molecule is CCNc1ccc(C(=O)Nc2cccc(Cl)c2Br)cc1C. The molecule has 21 heavy (non-hydrogen) atoms. The summed E-state index contributed by atoms with van der Waals surface area (Å²) in [7, 11) is 0. The summed E-state index contributed by atoms with van der Waals surface area (Å²) in [6, 6.07) is 10.9. The Labute approximate surface area is 137 Å². The van der Waals surface area contributed by atoms with Gasteiger partial charge in [-0.25, -0.2) is 0 Å². The Morgan fingerprint density at radius 3 is 2.67 bits per heavy atom. The number of benzene rings is 2. The van der Waals surface area contributed by atoms with Crippen molar-refractivity contribution in [3.05, 3.63) is 57.0 Å². The molecule has 0 aliphatic heterocycles. The van der Waals surface area contributed by atoms with E-state index in [2.05, 4.69) is 26.6 Å². The van der Waals surface area contributed by atoms with E-state index in [9.17, 15) is 4.79 Å². The first-order chi connectivity index (χ1) is 10.0. The fourth-order valence-electron chi connectivity index (χ4n) is 1.99. The van der Waals surface area contributed by atoms with Crippen molar-refractivity contribution in [2.75, 3.05) is 17.2 Å². The minimum Gasteiger partial charge on any atom is -0.385 e. The van der Waals surface area contributed by atoms with Crippen LogP contribution in [-0.2, 0) is 0 Å². The summed E-state index contributed by atoms with van der Waals surface area (Å²) >= 11 is 9.39. The summed E-state index contributed by atoms with van der Waals surface area (Å²) in [5.74, 6) is -0.163. The van der Waals surface area contributed by atoms with Crippen molar-refractivity contribution in [3.8, 4) is 0 Å². The maximum absolute atomic E-state index is 12.3. The number of aryl methyl sites for hydroxylation is 1. The van der Waals surface area contributed by atoms with Crippen LogP contribution in [0.4, 0.5) is 11.4 Å². The number of anilines is 2. The average Bonchev–Trinajstić information content (AvgIpc) is 2.46. The van der Waals surface area contributed by atoms with Gasteiger partial charge in [-0.05, 0) is 65.7 Å². The molecule has 0 spiro atoms. The highest BCUT2D eigenvalue weighted by molar-refractivity contribution is 9.10. The largest absolute Gasteiger partial charge is 0.385 e. The normalized spacial score (nSPS) is 10.3. The first-order valence-electron chi connectivity index (χ1n) is 6.62. The van der Waals surface area contributed by atoms with Crippen molar-refractivity contribution in [3.63, 3.8) is 0 Å². The monoisotopic (exact) mass is 366 g/mol. The Bertz CT molecular complexity index is 673. The number of halogens is 2. The van der Waals surface area contributed by atoms with Crippen molar-refractivity contribution in [1.29, 1.82) is 0 Å². The molecule has 0 heterocycles. The third-order valence-corrected chi connectivity index (χ3v) is 4.45. The molecule has 2 rings (SSSR count). The molecule has 2 N–H and O–H groups in total. The molecule has 2 aromatic rings. The molecule has 0 saturated heterocycles. The first kappa shape index (κ1) is 15.9. The van der Waals surface area contributed by atoms with Crippen LogP contribution in [0.15, 0.2) is 40.9 Å². The number of hydrogen-bond acceptors (Lipinski definition) is 2. The van der Waals surface area contributed by atoms with Gasteiger partial charge in [0.2, 0.25) is 0 Å². The fourth-order valence-corrected chi connectivity index (χ4v) is 2.53. The van der Waals surface area contributed by atoms with Crippen LogP contribution in [0.5, 0.6) is 0 Å². The summed E-state index contributed by atoms with van der Waals surface area (Å²) in [6.45, 7) is 4.86. The molecule has 0 unspecified atom stereocenters. The molecule has 0 radical (unpaired) electrons. The van der Waals surface area contributed by atoms with E-state index < -0.39 is 0 Å². The molecule has 1 amide bonds. The number of carbonyl (C=O) groups excluding carboxylic acids is 1. The van der Waals surface area contributed by atoms with Gasteiger partial charge >= 0.3 is 0 Å². The van der Waals surface area contributed by atoms with Gasteiger partial charge in [0.15, 0.2) is 0 Å². The maximum Gasteiger partial charge on any atom is 0.255 e. The summed E-state index contributed by atoms with van der Waals surface area (Å²) in [6.07, 6.45) is 0. The van der Waals surface area contributed by atoms with Gasteiger partial charge in [-0.15, -0.1) is 0 Å². The van der Waals surface area contributed by atoms with Crippen LogP contribution >= 0.6 is 27.5 Å².